The van der Waals surface area contributed by atoms with Crippen molar-refractivity contribution in [1.29, 1.82) is 0 Å². The van der Waals surface area contributed by atoms with E-state index in [0.717, 1.165) is 17.7 Å². The number of H-pyrrole nitrogens is 1. The van der Waals surface area contributed by atoms with Gasteiger partial charge in [0.1, 0.15) is 5.75 Å². The molecular weight excluding hydrogens is 336 g/mol. The van der Waals surface area contributed by atoms with Crippen molar-refractivity contribution in [3.05, 3.63) is 80.0 Å². The molecule has 2 aromatic carbocycles. The van der Waals surface area contributed by atoms with E-state index in [0.29, 0.717) is 27.9 Å². The largest absolute Gasteiger partial charge is 0.492 e. The summed E-state index contributed by atoms with van der Waals surface area (Å²) in [4.78, 5) is 12.7. The van der Waals surface area contributed by atoms with Crippen molar-refractivity contribution in [2.24, 2.45) is 0 Å². The molecule has 3 rings (SSSR count). The number of ether oxygens (including phenoxy) is 1. The third-order valence-electron chi connectivity index (χ3n) is 3.75. The molecule has 5 heteroatoms. The molecular formula is C20H19ClN2O2. The second-order valence-corrected chi connectivity index (χ2v) is 6.07. The quantitative estimate of drug-likeness (QED) is 0.766. The zero-order valence-corrected chi connectivity index (χ0v) is 14.7. The molecule has 0 fully saturated rings. The molecule has 1 aromatic heterocycles. The number of nitrogens with zero attached hydrogens (tertiary/aromatic N) is 1. The summed E-state index contributed by atoms with van der Waals surface area (Å²) in [6, 6.07) is 14.8. The molecule has 0 amide bonds. The van der Waals surface area contributed by atoms with Crippen LogP contribution in [0.25, 0.3) is 18.3 Å². The van der Waals surface area contributed by atoms with Crippen LogP contribution in [-0.4, -0.2) is 16.4 Å². The molecule has 4 nitrogen and oxygen atoms in total. The summed E-state index contributed by atoms with van der Waals surface area (Å²) >= 11 is 6.26. The predicted molar refractivity (Wildman–Crippen MR) is 102 cm³/mol. The molecule has 0 aliphatic rings. The number of hydrogen-bond donors (Lipinski definition) is 1. The van der Waals surface area contributed by atoms with Crippen molar-refractivity contribution in [1.82, 2.24) is 9.78 Å². The van der Waals surface area contributed by atoms with Gasteiger partial charge in [0.25, 0.3) is 5.56 Å². The topological polar surface area (TPSA) is 47.0 Å². The zero-order chi connectivity index (χ0) is 17.8. The van der Waals surface area contributed by atoms with Gasteiger partial charge in [-0.25, -0.2) is 4.68 Å². The second kappa shape index (κ2) is 7.45. The number of benzene rings is 2. The van der Waals surface area contributed by atoms with Crippen LogP contribution in [0.2, 0.25) is 5.02 Å². The van der Waals surface area contributed by atoms with Gasteiger partial charge in [-0.3, -0.25) is 9.89 Å². The molecule has 25 heavy (non-hydrogen) atoms. The molecule has 128 valence electrons. The molecule has 0 bridgehead atoms. The van der Waals surface area contributed by atoms with Gasteiger partial charge >= 0.3 is 0 Å². The summed E-state index contributed by atoms with van der Waals surface area (Å²) in [5.41, 5.74) is 1.42. The minimum Gasteiger partial charge on any atom is -0.492 e. The Balaban J connectivity index is 2.03. The summed E-state index contributed by atoms with van der Waals surface area (Å²) in [6.45, 7) is 6.59. The molecule has 1 heterocycles. The van der Waals surface area contributed by atoms with Crippen LogP contribution in [0.4, 0.5) is 0 Å². The van der Waals surface area contributed by atoms with Gasteiger partial charge in [0, 0.05) is 0 Å². The molecule has 0 aliphatic carbocycles. The van der Waals surface area contributed by atoms with E-state index in [9.17, 15) is 4.79 Å². The van der Waals surface area contributed by atoms with Crippen molar-refractivity contribution >= 4 is 24.3 Å². The van der Waals surface area contributed by atoms with Gasteiger partial charge < -0.3 is 4.74 Å². The van der Waals surface area contributed by atoms with E-state index >= 15 is 0 Å². The van der Waals surface area contributed by atoms with Gasteiger partial charge in [0.15, 0.2) is 0 Å². The van der Waals surface area contributed by atoms with Crippen LogP contribution in [0, 0.1) is 0 Å². The van der Waals surface area contributed by atoms with Crippen LogP contribution >= 0.6 is 11.6 Å². The number of hydrogen-bond acceptors (Lipinski definition) is 2. The Labute approximate surface area is 150 Å². The Kier molecular flexibility index (Phi) is 5.10. The van der Waals surface area contributed by atoms with E-state index in [-0.39, 0.29) is 5.56 Å². The van der Waals surface area contributed by atoms with Crippen molar-refractivity contribution in [2.75, 3.05) is 6.61 Å². The average Bonchev–Trinajstić information content (AvgIpc) is 2.90. The number of nitrogens with one attached hydrogen (secondary N) is 1. The van der Waals surface area contributed by atoms with Gasteiger partial charge in [-0.15, -0.1) is 0 Å². The van der Waals surface area contributed by atoms with Crippen LogP contribution in [0.1, 0.15) is 18.9 Å². The van der Waals surface area contributed by atoms with Crippen molar-refractivity contribution in [3.63, 3.8) is 0 Å². The molecule has 0 saturated carbocycles. The van der Waals surface area contributed by atoms with Gasteiger partial charge in [0.2, 0.25) is 0 Å². The molecule has 0 unspecified atom stereocenters. The summed E-state index contributed by atoms with van der Waals surface area (Å²) < 4.78 is 7.05. The predicted octanol–water partition coefficient (Wildman–Crippen LogP) is 2.85. The fraction of sp³-hybridized carbons (Fsp3) is 0.150. The first kappa shape index (κ1) is 17.1. The number of para-hydroxylation sites is 1. The summed E-state index contributed by atoms with van der Waals surface area (Å²) in [6.07, 6.45) is 2.69. The summed E-state index contributed by atoms with van der Waals surface area (Å²) in [5.74, 6) is 0.645. The van der Waals surface area contributed by atoms with E-state index in [1.807, 2.05) is 49.4 Å². The van der Waals surface area contributed by atoms with E-state index in [2.05, 4.69) is 11.7 Å². The average molecular weight is 355 g/mol. The standard InChI is InChI=1S/C20H19ClN2O2/c1-3-11-25-19-10-9-15(13-18(19)21)12-17-14(2)22-23(20(17)24)16-7-5-4-6-8-16/h4-10,12-13,22H,2-3,11H2,1H3/b17-12-. The number of rotatable bonds is 5. The first-order valence-corrected chi connectivity index (χ1v) is 8.47. The number of aromatic nitrogens is 2. The van der Waals surface area contributed by atoms with Gasteiger partial charge in [-0.2, -0.15) is 0 Å². The zero-order valence-electron chi connectivity index (χ0n) is 14.0. The smallest absolute Gasteiger partial charge is 0.279 e. The Bertz CT molecular complexity index is 1040. The molecule has 1 N–H and O–H groups in total. The van der Waals surface area contributed by atoms with Crippen molar-refractivity contribution in [2.45, 2.75) is 13.3 Å². The third kappa shape index (κ3) is 3.69. The highest BCUT2D eigenvalue weighted by atomic mass is 35.5. The van der Waals surface area contributed by atoms with E-state index in [1.165, 1.54) is 4.68 Å². The minimum absolute atomic E-state index is 0.154. The van der Waals surface area contributed by atoms with Crippen molar-refractivity contribution in [3.8, 4) is 11.4 Å². The second-order valence-electron chi connectivity index (χ2n) is 5.66. The SMILES string of the molecule is C=c1[nH]n(-c2ccccc2)c(=O)/c1=C\c1ccc(OCCC)c(Cl)c1. The molecule has 0 spiro atoms. The summed E-state index contributed by atoms with van der Waals surface area (Å²) in [7, 11) is 0. The van der Waals surface area contributed by atoms with Gasteiger partial charge in [-0.05, 0) is 42.3 Å². The van der Waals surface area contributed by atoms with Crippen LogP contribution in [0.5, 0.6) is 5.75 Å². The first-order chi connectivity index (χ1) is 12.1. The van der Waals surface area contributed by atoms with Gasteiger partial charge in [0.05, 0.1) is 27.9 Å². The van der Waals surface area contributed by atoms with E-state index in [4.69, 9.17) is 16.3 Å². The van der Waals surface area contributed by atoms with Gasteiger partial charge in [-0.1, -0.05) is 49.4 Å². The van der Waals surface area contributed by atoms with E-state index in [1.54, 1.807) is 12.1 Å². The maximum atomic E-state index is 12.7. The lowest BCUT2D eigenvalue weighted by Crippen LogP contribution is -2.33. The lowest BCUT2D eigenvalue weighted by atomic mass is 10.2. The lowest BCUT2D eigenvalue weighted by molar-refractivity contribution is 0.317. The monoisotopic (exact) mass is 354 g/mol. The van der Waals surface area contributed by atoms with Crippen LogP contribution in [0.15, 0.2) is 53.3 Å². The number of halogens is 1. The highest BCUT2D eigenvalue weighted by molar-refractivity contribution is 6.32. The van der Waals surface area contributed by atoms with Crippen LogP contribution in [-0.2, 0) is 0 Å². The normalized spacial score (nSPS) is 11.7. The lowest BCUT2D eigenvalue weighted by Gasteiger charge is -2.06. The fourth-order valence-electron chi connectivity index (χ4n) is 2.51. The minimum atomic E-state index is -0.154. The summed E-state index contributed by atoms with van der Waals surface area (Å²) in [5, 5.41) is 4.58. The molecule has 0 radical (unpaired) electrons. The molecule has 0 aliphatic heterocycles. The van der Waals surface area contributed by atoms with Crippen molar-refractivity contribution < 1.29 is 4.74 Å². The highest BCUT2D eigenvalue weighted by Gasteiger charge is 2.06. The van der Waals surface area contributed by atoms with E-state index < -0.39 is 0 Å². The molecule has 0 saturated heterocycles. The Morgan fingerprint density at radius 3 is 2.68 bits per heavy atom. The van der Waals surface area contributed by atoms with Crippen LogP contribution < -0.4 is 20.9 Å². The Morgan fingerprint density at radius 1 is 1.24 bits per heavy atom. The Morgan fingerprint density at radius 2 is 2.00 bits per heavy atom. The van der Waals surface area contributed by atoms with Crippen LogP contribution in [0.3, 0.4) is 0 Å². The number of aromatic amines is 1. The molecule has 0 atom stereocenters. The maximum Gasteiger partial charge on any atom is 0.279 e. The maximum absolute atomic E-state index is 12.7. The fourth-order valence-corrected chi connectivity index (χ4v) is 2.75. The third-order valence-corrected chi connectivity index (χ3v) is 4.04. The molecule has 3 aromatic rings. The highest BCUT2D eigenvalue weighted by Crippen LogP contribution is 2.25. The Hall–Kier alpha value is -2.72. The first-order valence-electron chi connectivity index (χ1n) is 8.09.